The summed E-state index contributed by atoms with van der Waals surface area (Å²) in [6.45, 7) is 0. The van der Waals surface area contributed by atoms with Crippen LogP contribution in [-0.2, 0) is 9.59 Å². The number of Topliss-reactive ketones (excluding diaryl/α,β-unsaturated/α-hetero) is 2. The summed E-state index contributed by atoms with van der Waals surface area (Å²) < 4.78 is 0. The molecule has 0 heterocycles. The summed E-state index contributed by atoms with van der Waals surface area (Å²) in [6, 6.07) is 12.0. The van der Waals surface area contributed by atoms with Crippen molar-refractivity contribution in [2.45, 2.75) is 38.5 Å². The number of nitrogens with one attached hydrogen (secondary N) is 1. The lowest BCUT2D eigenvalue weighted by molar-refractivity contribution is -0.137. The average molecular weight is 379 g/mol. The van der Waals surface area contributed by atoms with Crippen molar-refractivity contribution in [3.63, 3.8) is 0 Å². The van der Waals surface area contributed by atoms with Gasteiger partial charge in [0.05, 0.1) is 0 Å². The largest absolute Gasteiger partial charge is 0.481 e. The zero-order chi connectivity index (χ0) is 20.1. The van der Waals surface area contributed by atoms with Gasteiger partial charge in [-0.2, -0.15) is 0 Å². The van der Waals surface area contributed by atoms with E-state index in [1.807, 2.05) is 6.07 Å². The highest BCUT2D eigenvalue weighted by molar-refractivity contribution is 6.53. The molecule has 0 atom stereocenters. The Hall–Kier alpha value is -3.28. The number of ketones is 2. The van der Waals surface area contributed by atoms with Gasteiger partial charge in [-0.05, 0) is 36.1 Å². The molecule has 0 aromatic heterocycles. The maximum absolute atomic E-state index is 12.4. The van der Waals surface area contributed by atoms with Gasteiger partial charge in [-0.15, -0.1) is 0 Å². The zero-order valence-corrected chi connectivity index (χ0v) is 15.4. The maximum Gasteiger partial charge on any atom is 0.303 e. The Morgan fingerprint density at radius 1 is 0.750 bits per heavy atom. The van der Waals surface area contributed by atoms with Crippen LogP contribution in [0.3, 0.4) is 0 Å². The Bertz CT molecular complexity index is 948. The fraction of sp³-hybridized carbons (Fsp3) is 0.273. The van der Waals surface area contributed by atoms with Crippen molar-refractivity contribution in [3.8, 4) is 11.1 Å². The zero-order valence-electron chi connectivity index (χ0n) is 15.4. The van der Waals surface area contributed by atoms with Crippen molar-refractivity contribution < 1.29 is 24.3 Å². The van der Waals surface area contributed by atoms with Crippen molar-refractivity contribution in [1.82, 2.24) is 0 Å². The number of rotatable bonds is 8. The van der Waals surface area contributed by atoms with Gasteiger partial charge in [0, 0.05) is 29.7 Å². The molecule has 0 aliphatic heterocycles. The highest BCUT2D eigenvalue weighted by Gasteiger charge is 2.30. The van der Waals surface area contributed by atoms with Gasteiger partial charge in [0.25, 0.3) is 0 Å². The molecule has 2 aromatic carbocycles. The molecule has 1 aliphatic carbocycles. The third kappa shape index (κ3) is 4.34. The van der Waals surface area contributed by atoms with Gasteiger partial charge >= 0.3 is 5.97 Å². The van der Waals surface area contributed by atoms with Gasteiger partial charge < -0.3 is 10.4 Å². The number of unbranched alkanes of at least 4 members (excludes halogenated alkanes) is 3. The number of aliphatic carboxylic acids is 1. The molecule has 28 heavy (non-hydrogen) atoms. The fourth-order valence-electron chi connectivity index (χ4n) is 3.34. The standard InChI is InChI=1S/C22H21NO5/c24-19(9-3-1-2-4-10-20(25)26)23-14-11-12-16-15-7-5-6-8-17(15)21(27)22(28)18(16)13-14/h5-8,11-13H,1-4,9-10H2,(H,23,24)(H,25,26). The van der Waals surface area contributed by atoms with Crippen molar-refractivity contribution in [2.24, 2.45) is 0 Å². The van der Waals surface area contributed by atoms with Crippen LogP contribution in [0.15, 0.2) is 42.5 Å². The molecule has 0 unspecified atom stereocenters. The van der Waals surface area contributed by atoms with Gasteiger partial charge in [-0.25, -0.2) is 0 Å². The third-order valence-electron chi connectivity index (χ3n) is 4.76. The first-order chi connectivity index (χ1) is 13.5. The lowest BCUT2D eigenvalue weighted by atomic mass is 9.84. The van der Waals surface area contributed by atoms with E-state index < -0.39 is 17.5 Å². The molecule has 0 bridgehead atoms. The SMILES string of the molecule is O=C(O)CCCCCCC(=O)Nc1ccc2c(c1)C(=O)C(=O)c1ccccc1-2. The smallest absolute Gasteiger partial charge is 0.303 e. The molecule has 0 saturated carbocycles. The molecule has 0 radical (unpaired) electrons. The second kappa shape index (κ2) is 8.61. The summed E-state index contributed by atoms with van der Waals surface area (Å²) in [4.78, 5) is 47.3. The molecule has 0 spiro atoms. The van der Waals surface area contributed by atoms with Crippen molar-refractivity contribution in [3.05, 3.63) is 53.6 Å². The molecule has 2 N–H and O–H groups in total. The fourth-order valence-corrected chi connectivity index (χ4v) is 3.34. The van der Waals surface area contributed by atoms with Crippen molar-refractivity contribution in [1.29, 1.82) is 0 Å². The second-order valence-corrected chi connectivity index (χ2v) is 6.82. The number of carboxylic acids is 1. The Labute approximate surface area is 162 Å². The number of fused-ring (bicyclic) bond motifs is 3. The minimum atomic E-state index is -0.805. The van der Waals surface area contributed by atoms with E-state index in [-0.39, 0.29) is 12.3 Å². The summed E-state index contributed by atoms with van der Waals surface area (Å²) in [6.07, 6.45) is 3.31. The van der Waals surface area contributed by atoms with Crippen LogP contribution >= 0.6 is 0 Å². The number of carboxylic acid groups (broad SMARTS) is 1. The van der Waals surface area contributed by atoms with Gasteiger partial charge in [0.2, 0.25) is 17.5 Å². The van der Waals surface area contributed by atoms with Crippen molar-refractivity contribution in [2.75, 3.05) is 5.32 Å². The lowest BCUT2D eigenvalue weighted by Gasteiger charge is -2.18. The quantitative estimate of drug-likeness (QED) is 0.531. The summed E-state index contributed by atoms with van der Waals surface area (Å²) in [5.41, 5.74) is 2.60. The number of benzene rings is 2. The molecule has 2 aromatic rings. The molecule has 1 aliphatic rings. The van der Waals surface area contributed by atoms with E-state index in [9.17, 15) is 19.2 Å². The van der Waals surface area contributed by atoms with E-state index in [0.717, 1.165) is 18.4 Å². The first-order valence-corrected chi connectivity index (χ1v) is 9.31. The number of carbonyl (C=O) groups excluding carboxylic acids is 3. The first kappa shape index (κ1) is 19.5. The van der Waals surface area contributed by atoms with Crippen LogP contribution in [0.1, 0.15) is 59.2 Å². The molecular formula is C22H21NO5. The Morgan fingerprint density at radius 3 is 2.07 bits per heavy atom. The minimum absolute atomic E-state index is 0.150. The molecule has 144 valence electrons. The second-order valence-electron chi connectivity index (χ2n) is 6.82. The number of carbonyl (C=O) groups is 4. The predicted molar refractivity (Wildman–Crippen MR) is 105 cm³/mol. The number of amides is 1. The summed E-state index contributed by atoms with van der Waals surface area (Å²) in [5.74, 6) is -2.08. The molecule has 3 rings (SSSR count). The summed E-state index contributed by atoms with van der Waals surface area (Å²) in [7, 11) is 0. The van der Waals surface area contributed by atoms with E-state index >= 15 is 0 Å². The molecule has 1 amide bonds. The van der Waals surface area contributed by atoms with Crippen LogP contribution in [-0.4, -0.2) is 28.5 Å². The molecular weight excluding hydrogens is 358 g/mol. The van der Waals surface area contributed by atoms with E-state index in [2.05, 4.69) is 5.32 Å². The van der Waals surface area contributed by atoms with Crippen LogP contribution in [0.2, 0.25) is 0 Å². The number of hydrogen-bond donors (Lipinski definition) is 2. The highest BCUT2D eigenvalue weighted by Crippen LogP contribution is 2.34. The highest BCUT2D eigenvalue weighted by atomic mass is 16.4. The maximum atomic E-state index is 12.4. The van der Waals surface area contributed by atoms with Gasteiger partial charge in [0.15, 0.2) is 0 Å². The van der Waals surface area contributed by atoms with E-state index in [1.54, 1.807) is 36.4 Å². The molecule has 6 heteroatoms. The Balaban J connectivity index is 1.62. The van der Waals surface area contributed by atoms with Crippen LogP contribution in [0.25, 0.3) is 11.1 Å². The molecule has 6 nitrogen and oxygen atoms in total. The van der Waals surface area contributed by atoms with Crippen LogP contribution in [0.5, 0.6) is 0 Å². The normalized spacial score (nSPS) is 12.3. The number of anilines is 1. The van der Waals surface area contributed by atoms with Crippen LogP contribution in [0.4, 0.5) is 5.69 Å². The van der Waals surface area contributed by atoms with Crippen LogP contribution < -0.4 is 5.32 Å². The van der Waals surface area contributed by atoms with E-state index in [4.69, 9.17) is 5.11 Å². The van der Waals surface area contributed by atoms with Gasteiger partial charge in [0.1, 0.15) is 0 Å². The van der Waals surface area contributed by atoms with E-state index in [0.29, 0.717) is 41.6 Å². The predicted octanol–water partition coefficient (Wildman–Crippen LogP) is 4.10. The molecule has 0 fully saturated rings. The summed E-state index contributed by atoms with van der Waals surface area (Å²) >= 11 is 0. The van der Waals surface area contributed by atoms with Crippen LogP contribution in [0, 0.1) is 0 Å². The van der Waals surface area contributed by atoms with E-state index in [1.165, 1.54) is 0 Å². The first-order valence-electron chi connectivity index (χ1n) is 9.31. The third-order valence-corrected chi connectivity index (χ3v) is 4.76. The topological polar surface area (TPSA) is 101 Å². The minimum Gasteiger partial charge on any atom is -0.481 e. The summed E-state index contributed by atoms with van der Waals surface area (Å²) in [5, 5.41) is 11.4. The van der Waals surface area contributed by atoms with Gasteiger partial charge in [-0.3, -0.25) is 19.2 Å². The monoisotopic (exact) mass is 379 g/mol. The molecule has 0 saturated heterocycles. The number of hydrogen-bond acceptors (Lipinski definition) is 4. The lowest BCUT2D eigenvalue weighted by Crippen LogP contribution is -2.21. The Morgan fingerprint density at radius 2 is 1.36 bits per heavy atom. The van der Waals surface area contributed by atoms with Crippen molar-refractivity contribution >= 4 is 29.1 Å². The average Bonchev–Trinajstić information content (AvgIpc) is 2.68. The van der Waals surface area contributed by atoms with Gasteiger partial charge in [-0.1, -0.05) is 43.2 Å². The Kier molecular flexibility index (Phi) is 5.99.